The Kier molecular flexibility index (Phi) is 3.07. The van der Waals surface area contributed by atoms with Gasteiger partial charge in [0.2, 0.25) is 0 Å². The summed E-state index contributed by atoms with van der Waals surface area (Å²) in [5, 5.41) is 4.92. The molecule has 0 aliphatic heterocycles. The molecule has 0 saturated heterocycles. The van der Waals surface area contributed by atoms with Crippen LogP contribution < -0.4 is 11.1 Å². The number of nitrogens with zero attached hydrogens (tertiary/aromatic N) is 1. The van der Waals surface area contributed by atoms with Crippen molar-refractivity contribution in [1.29, 1.82) is 0 Å². The molecule has 82 valence electrons. The van der Waals surface area contributed by atoms with E-state index >= 15 is 0 Å². The molecule has 0 atom stereocenters. The molecule has 0 fully saturated rings. The fraction of sp³-hybridized carbons (Fsp3) is 0. The molecule has 0 bridgehead atoms. The molecule has 0 radical (unpaired) electrons. The zero-order chi connectivity index (χ0) is 11.5. The van der Waals surface area contributed by atoms with Crippen molar-refractivity contribution in [3.05, 3.63) is 39.7 Å². The first-order chi connectivity index (χ1) is 7.66. The van der Waals surface area contributed by atoms with Crippen molar-refractivity contribution in [3.8, 4) is 0 Å². The molecule has 2 rings (SSSR count). The van der Waals surface area contributed by atoms with Gasteiger partial charge in [-0.15, -0.1) is 11.3 Å². The van der Waals surface area contributed by atoms with E-state index in [1.54, 1.807) is 23.6 Å². The van der Waals surface area contributed by atoms with Crippen molar-refractivity contribution in [2.45, 2.75) is 0 Å². The van der Waals surface area contributed by atoms with Gasteiger partial charge in [0.05, 0.1) is 10.7 Å². The number of carbonyl (C=O) groups is 1. The van der Waals surface area contributed by atoms with Crippen molar-refractivity contribution in [1.82, 2.24) is 4.98 Å². The second kappa shape index (κ2) is 4.51. The molecule has 2 aromatic rings. The summed E-state index contributed by atoms with van der Waals surface area (Å²) in [6.07, 6.45) is 1.47. The Labute approximate surface area is 101 Å². The fourth-order valence-corrected chi connectivity index (χ4v) is 1.95. The van der Waals surface area contributed by atoms with E-state index in [1.807, 2.05) is 0 Å². The first-order valence-corrected chi connectivity index (χ1v) is 5.68. The third-order valence-electron chi connectivity index (χ3n) is 1.87. The van der Waals surface area contributed by atoms with Gasteiger partial charge < -0.3 is 11.1 Å². The fourth-order valence-electron chi connectivity index (χ4n) is 1.13. The summed E-state index contributed by atoms with van der Waals surface area (Å²) in [5.41, 5.74) is 6.10. The zero-order valence-electron chi connectivity index (χ0n) is 8.11. The van der Waals surface area contributed by atoms with E-state index in [4.69, 9.17) is 17.3 Å². The van der Waals surface area contributed by atoms with Gasteiger partial charge in [0.1, 0.15) is 10.7 Å². The number of carbonyl (C=O) groups excluding carboxylic acids is 1. The predicted molar refractivity (Wildman–Crippen MR) is 65.9 cm³/mol. The Morgan fingerprint density at radius 3 is 2.81 bits per heavy atom. The van der Waals surface area contributed by atoms with Crippen LogP contribution in [0.3, 0.4) is 0 Å². The summed E-state index contributed by atoms with van der Waals surface area (Å²) in [6.45, 7) is 0. The second-order valence-corrected chi connectivity index (χ2v) is 4.37. The molecular formula is C10H8ClN3OS. The molecule has 0 spiro atoms. The summed E-state index contributed by atoms with van der Waals surface area (Å²) >= 11 is 6.97. The van der Waals surface area contributed by atoms with Crippen LogP contribution in [0.2, 0.25) is 5.02 Å². The van der Waals surface area contributed by atoms with Gasteiger partial charge in [-0.25, -0.2) is 4.98 Å². The second-order valence-electron chi connectivity index (χ2n) is 3.02. The normalized spacial score (nSPS) is 10.1. The number of pyridine rings is 1. The maximum atomic E-state index is 11.7. The standard InChI is InChI=1S/C10H8ClN3OS/c11-6-1-2-8(13-5-6)14-10(15)9-7(12)3-4-16-9/h1-5H,12H2,(H,13,14,15). The summed E-state index contributed by atoms with van der Waals surface area (Å²) in [4.78, 5) is 16.2. The number of hydrogen-bond donors (Lipinski definition) is 2. The monoisotopic (exact) mass is 253 g/mol. The van der Waals surface area contributed by atoms with Crippen LogP contribution in [0, 0.1) is 0 Å². The van der Waals surface area contributed by atoms with E-state index in [9.17, 15) is 4.79 Å². The van der Waals surface area contributed by atoms with Crippen LogP contribution >= 0.6 is 22.9 Å². The predicted octanol–water partition coefficient (Wildman–Crippen LogP) is 2.63. The van der Waals surface area contributed by atoms with Crippen molar-refractivity contribution >= 4 is 40.4 Å². The maximum Gasteiger partial charge on any atom is 0.269 e. The van der Waals surface area contributed by atoms with Crippen molar-refractivity contribution in [2.75, 3.05) is 11.1 Å². The van der Waals surface area contributed by atoms with Gasteiger partial charge in [0.25, 0.3) is 5.91 Å². The quantitative estimate of drug-likeness (QED) is 0.865. The van der Waals surface area contributed by atoms with E-state index in [-0.39, 0.29) is 5.91 Å². The van der Waals surface area contributed by atoms with Gasteiger partial charge in [-0.05, 0) is 23.6 Å². The van der Waals surface area contributed by atoms with Crippen LogP contribution in [-0.4, -0.2) is 10.9 Å². The lowest BCUT2D eigenvalue weighted by Crippen LogP contribution is -2.12. The molecule has 0 saturated carbocycles. The number of hydrogen-bond acceptors (Lipinski definition) is 4. The summed E-state index contributed by atoms with van der Waals surface area (Å²) < 4.78 is 0. The van der Waals surface area contributed by atoms with E-state index < -0.39 is 0 Å². The Balaban J connectivity index is 2.14. The molecule has 0 aromatic carbocycles. The molecule has 6 heteroatoms. The minimum absolute atomic E-state index is 0.262. The average Bonchev–Trinajstić information content (AvgIpc) is 2.68. The molecule has 0 aliphatic rings. The maximum absolute atomic E-state index is 11.7. The third kappa shape index (κ3) is 2.32. The van der Waals surface area contributed by atoms with Crippen molar-refractivity contribution < 1.29 is 4.79 Å². The Bertz CT molecular complexity index is 509. The number of thiophene rings is 1. The minimum atomic E-state index is -0.262. The van der Waals surface area contributed by atoms with Crippen LogP contribution in [0.5, 0.6) is 0 Å². The molecular weight excluding hydrogens is 246 g/mol. The van der Waals surface area contributed by atoms with Gasteiger partial charge in [-0.3, -0.25) is 4.79 Å². The number of nitrogens with one attached hydrogen (secondary N) is 1. The first kappa shape index (κ1) is 10.9. The zero-order valence-corrected chi connectivity index (χ0v) is 9.68. The molecule has 1 amide bonds. The van der Waals surface area contributed by atoms with E-state index in [0.717, 1.165) is 0 Å². The number of halogens is 1. The van der Waals surface area contributed by atoms with Crippen LogP contribution in [-0.2, 0) is 0 Å². The number of anilines is 2. The van der Waals surface area contributed by atoms with Gasteiger partial charge in [0, 0.05) is 6.20 Å². The van der Waals surface area contributed by atoms with Gasteiger partial charge in [-0.2, -0.15) is 0 Å². The van der Waals surface area contributed by atoms with Crippen LogP contribution in [0.25, 0.3) is 0 Å². The highest BCUT2D eigenvalue weighted by atomic mass is 35.5. The highest BCUT2D eigenvalue weighted by Gasteiger charge is 2.11. The molecule has 2 aromatic heterocycles. The number of nitrogens with two attached hydrogens (primary N) is 1. The largest absolute Gasteiger partial charge is 0.397 e. The molecule has 16 heavy (non-hydrogen) atoms. The average molecular weight is 254 g/mol. The summed E-state index contributed by atoms with van der Waals surface area (Å²) in [7, 11) is 0. The third-order valence-corrected chi connectivity index (χ3v) is 3.02. The van der Waals surface area contributed by atoms with Crippen LogP contribution in [0.4, 0.5) is 11.5 Å². The topological polar surface area (TPSA) is 68.0 Å². The molecule has 2 heterocycles. The number of rotatable bonds is 2. The Morgan fingerprint density at radius 2 is 2.25 bits per heavy atom. The molecule has 0 aliphatic carbocycles. The van der Waals surface area contributed by atoms with E-state index in [1.165, 1.54) is 17.5 Å². The van der Waals surface area contributed by atoms with Gasteiger partial charge >= 0.3 is 0 Å². The van der Waals surface area contributed by atoms with E-state index in [0.29, 0.717) is 21.4 Å². The summed E-state index contributed by atoms with van der Waals surface area (Å²) in [6, 6.07) is 4.97. The lowest BCUT2D eigenvalue weighted by molar-refractivity contribution is 0.103. The minimum Gasteiger partial charge on any atom is -0.397 e. The SMILES string of the molecule is Nc1ccsc1C(=O)Nc1ccc(Cl)cn1. The van der Waals surface area contributed by atoms with Gasteiger partial charge in [0.15, 0.2) is 0 Å². The van der Waals surface area contributed by atoms with E-state index in [2.05, 4.69) is 10.3 Å². The van der Waals surface area contributed by atoms with Crippen molar-refractivity contribution in [3.63, 3.8) is 0 Å². The van der Waals surface area contributed by atoms with Crippen molar-refractivity contribution in [2.24, 2.45) is 0 Å². The molecule has 4 nitrogen and oxygen atoms in total. The molecule has 0 unspecified atom stereocenters. The van der Waals surface area contributed by atoms with Gasteiger partial charge in [-0.1, -0.05) is 11.6 Å². The lowest BCUT2D eigenvalue weighted by Gasteiger charge is -2.02. The van der Waals surface area contributed by atoms with Crippen LogP contribution in [0.15, 0.2) is 29.8 Å². The molecule has 3 N–H and O–H groups in total. The highest BCUT2D eigenvalue weighted by Crippen LogP contribution is 2.20. The number of aromatic nitrogens is 1. The van der Waals surface area contributed by atoms with Crippen LogP contribution in [0.1, 0.15) is 9.67 Å². The Morgan fingerprint density at radius 1 is 1.44 bits per heavy atom. The smallest absolute Gasteiger partial charge is 0.269 e. The highest BCUT2D eigenvalue weighted by molar-refractivity contribution is 7.12. The number of nitrogen functional groups attached to an aromatic ring is 1. The Hall–Kier alpha value is -1.59. The summed E-state index contributed by atoms with van der Waals surface area (Å²) in [5.74, 6) is 0.185. The first-order valence-electron chi connectivity index (χ1n) is 4.42. The number of amides is 1. The lowest BCUT2D eigenvalue weighted by atomic mass is 10.3.